The van der Waals surface area contributed by atoms with E-state index >= 15 is 0 Å². The molecule has 0 atom stereocenters. The van der Waals surface area contributed by atoms with Gasteiger partial charge < -0.3 is 5.32 Å². The van der Waals surface area contributed by atoms with Crippen LogP contribution in [0.25, 0.3) is 16.7 Å². The molecule has 0 aliphatic heterocycles. The Morgan fingerprint density at radius 1 is 0.886 bits per heavy atom. The monoisotopic (exact) mass is 467 g/mol. The van der Waals surface area contributed by atoms with Crippen LogP contribution in [-0.4, -0.2) is 24.7 Å². The van der Waals surface area contributed by atoms with Gasteiger partial charge in [-0.05, 0) is 36.6 Å². The van der Waals surface area contributed by atoms with Gasteiger partial charge in [-0.2, -0.15) is 0 Å². The van der Waals surface area contributed by atoms with Crippen molar-refractivity contribution in [2.45, 2.75) is 33.0 Å². The van der Waals surface area contributed by atoms with Crippen molar-refractivity contribution >= 4 is 22.6 Å². The molecular formula is C27H25N5O3. The first kappa shape index (κ1) is 22.3. The number of nitrogens with zero attached hydrogens (tertiary/aromatic N) is 4. The normalized spacial score (nSPS) is 11.2. The van der Waals surface area contributed by atoms with Gasteiger partial charge in [-0.25, -0.2) is 13.9 Å². The van der Waals surface area contributed by atoms with Gasteiger partial charge in [0.15, 0.2) is 0 Å². The number of amides is 1. The van der Waals surface area contributed by atoms with Crippen molar-refractivity contribution in [3.63, 3.8) is 0 Å². The first-order valence-corrected chi connectivity index (χ1v) is 11.5. The Balaban J connectivity index is 1.48. The summed E-state index contributed by atoms with van der Waals surface area (Å²) in [6, 6.07) is 24.6. The third-order valence-corrected chi connectivity index (χ3v) is 6.05. The van der Waals surface area contributed by atoms with Crippen LogP contribution in [-0.2, 0) is 30.8 Å². The molecule has 2 heterocycles. The summed E-state index contributed by atoms with van der Waals surface area (Å²) in [5.41, 5.74) is 2.97. The van der Waals surface area contributed by atoms with E-state index in [9.17, 15) is 14.4 Å². The van der Waals surface area contributed by atoms with Crippen LogP contribution in [0.3, 0.4) is 0 Å². The molecular weight excluding hydrogens is 442 g/mol. The number of aromatic nitrogens is 4. The summed E-state index contributed by atoms with van der Waals surface area (Å²) in [5, 5.41) is 7.67. The molecule has 0 spiro atoms. The van der Waals surface area contributed by atoms with Crippen molar-refractivity contribution < 1.29 is 4.79 Å². The van der Waals surface area contributed by atoms with Crippen molar-refractivity contribution in [3.05, 3.63) is 116 Å². The smallest absolute Gasteiger partial charge is 0.350 e. The van der Waals surface area contributed by atoms with Crippen molar-refractivity contribution in [3.8, 4) is 0 Å². The molecule has 1 amide bonds. The third kappa shape index (κ3) is 4.50. The van der Waals surface area contributed by atoms with Crippen molar-refractivity contribution in [1.82, 2.24) is 24.1 Å². The number of hydrogen-bond acceptors (Lipinski definition) is 4. The number of carbonyl (C=O) groups is 1. The molecule has 1 N–H and O–H groups in total. The summed E-state index contributed by atoms with van der Waals surface area (Å²) < 4.78 is 4.04. The molecule has 0 saturated heterocycles. The van der Waals surface area contributed by atoms with Gasteiger partial charge in [-0.3, -0.25) is 14.2 Å². The Morgan fingerprint density at radius 3 is 2.37 bits per heavy atom. The zero-order valence-corrected chi connectivity index (χ0v) is 19.3. The standard InChI is InChI=1S/C27H25N5O3/c1-19-11-13-21(14-12-19)17-28-24(33)18-31-27(35)32-23-10-6-5-9-22(23)25(34)30(26(32)29-31)16-15-20-7-3-2-4-8-20/h2-14H,15-18H2,1H3,(H,28,33). The lowest BCUT2D eigenvalue weighted by Gasteiger charge is -2.09. The van der Waals surface area contributed by atoms with E-state index in [4.69, 9.17) is 0 Å². The minimum Gasteiger partial charge on any atom is -0.350 e. The summed E-state index contributed by atoms with van der Waals surface area (Å²) in [6.07, 6.45) is 0.604. The number of fused-ring (bicyclic) bond motifs is 3. The first-order chi connectivity index (χ1) is 17.0. The lowest BCUT2D eigenvalue weighted by Crippen LogP contribution is -2.32. The molecule has 5 rings (SSSR count). The van der Waals surface area contributed by atoms with Crippen LogP contribution in [0, 0.1) is 6.92 Å². The van der Waals surface area contributed by atoms with Gasteiger partial charge in [0.1, 0.15) is 6.54 Å². The maximum atomic E-state index is 13.3. The van der Waals surface area contributed by atoms with E-state index in [0.717, 1.165) is 21.4 Å². The molecule has 0 bridgehead atoms. The second-order valence-electron chi connectivity index (χ2n) is 8.55. The summed E-state index contributed by atoms with van der Waals surface area (Å²) in [7, 11) is 0. The number of aryl methyl sites for hydroxylation is 3. The van der Waals surface area contributed by atoms with Gasteiger partial charge >= 0.3 is 5.69 Å². The van der Waals surface area contributed by atoms with E-state index in [1.165, 1.54) is 8.97 Å². The average molecular weight is 468 g/mol. The fraction of sp³-hybridized carbons (Fsp3) is 0.185. The van der Waals surface area contributed by atoms with E-state index < -0.39 is 5.69 Å². The first-order valence-electron chi connectivity index (χ1n) is 11.5. The van der Waals surface area contributed by atoms with Crippen LogP contribution in [0.5, 0.6) is 0 Å². The maximum Gasteiger partial charge on any atom is 0.352 e. The lowest BCUT2D eigenvalue weighted by molar-refractivity contribution is -0.122. The minimum atomic E-state index is -0.463. The average Bonchev–Trinajstić information content (AvgIpc) is 3.20. The molecule has 35 heavy (non-hydrogen) atoms. The number of benzene rings is 3. The number of rotatable bonds is 7. The fourth-order valence-corrected chi connectivity index (χ4v) is 4.16. The summed E-state index contributed by atoms with van der Waals surface area (Å²) >= 11 is 0. The molecule has 176 valence electrons. The highest BCUT2D eigenvalue weighted by atomic mass is 16.2. The van der Waals surface area contributed by atoms with Gasteiger partial charge in [0.2, 0.25) is 11.7 Å². The highest BCUT2D eigenvalue weighted by Gasteiger charge is 2.18. The van der Waals surface area contributed by atoms with Crippen LogP contribution < -0.4 is 16.6 Å². The van der Waals surface area contributed by atoms with Crippen LogP contribution >= 0.6 is 0 Å². The van der Waals surface area contributed by atoms with E-state index in [1.807, 2.05) is 61.5 Å². The Bertz CT molecular complexity index is 1630. The summed E-state index contributed by atoms with van der Waals surface area (Å²) in [5.74, 6) is -0.112. The topological polar surface area (TPSA) is 90.4 Å². The van der Waals surface area contributed by atoms with E-state index in [0.29, 0.717) is 30.4 Å². The Morgan fingerprint density at radius 2 is 1.60 bits per heavy atom. The largest absolute Gasteiger partial charge is 0.352 e. The van der Waals surface area contributed by atoms with Gasteiger partial charge in [0.05, 0.1) is 10.9 Å². The zero-order chi connectivity index (χ0) is 24.4. The van der Waals surface area contributed by atoms with E-state index in [2.05, 4.69) is 10.4 Å². The molecule has 0 fully saturated rings. The molecule has 8 heteroatoms. The molecule has 5 aromatic rings. The zero-order valence-electron chi connectivity index (χ0n) is 19.3. The van der Waals surface area contributed by atoms with E-state index in [1.54, 1.807) is 24.3 Å². The summed E-state index contributed by atoms with van der Waals surface area (Å²) in [4.78, 5) is 39.2. The highest BCUT2D eigenvalue weighted by Crippen LogP contribution is 2.12. The van der Waals surface area contributed by atoms with Crippen molar-refractivity contribution in [2.24, 2.45) is 0 Å². The van der Waals surface area contributed by atoms with Crippen LogP contribution in [0.2, 0.25) is 0 Å². The molecule has 0 aliphatic carbocycles. The summed E-state index contributed by atoms with van der Waals surface area (Å²) in [6.45, 7) is 2.47. The molecule has 3 aromatic carbocycles. The van der Waals surface area contributed by atoms with Gasteiger partial charge in [0, 0.05) is 13.1 Å². The SMILES string of the molecule is Cc1ccc(CNC(=O)Cn2nc3n(CCc4ccccc4)c(=O)c4ccccc4n3c2=O)cc1. The Hall–Kier alpha value is -4.46. The van der Waals surface area contributed by atoms with Gasteiger partial charge in [-0.15, -0.1) is 5.10 Å². The van der Waals surface area contributed by atoms with Crippen LogP contribution in [0.15, 0.2) is 88.5 Å². The molecule has 0 aliphatic rings. The number of para-hydroxylation sites is 1. The minimum absolute atomic E-state index is 0.218. The third-order valence-electron chi connectivity index (χ3n) is 6.05. The second kappa shape index (κ2) is 9.42. The maximum absolute atomic E-state index is 13.3. The predicted octanol–water partition coefficient (Wildman–Crippen LogP) is 2.68. The Labute approximate surface area is 201 Å². The van der Waals surface area contributed by atoms with Gasteiger partial charge in [0.25, 0.3) is 5.56 Å². The van der Waals surface area contributed by atoms with E-state index in [-0.39, 0.29) is 23.8 Å². The van der Waals surface area contributed by atoms with Crippen LogP contribution in [0.4, 0.5) is 0 Å². The van der Waals surface area contributed by atoms with Crippen molar-refractivity contribution in [1.29, 1.82) is 0 Å². The molecule has 2 aromatic heterocycles. The number of carbonyl (C=O) groups excluding carboxylic acids is 1. The molecule has 8 nitrogen and oxygen atoms in total. The number of hydrogen-bond donors (Lipinski definition) is 1. The predicted molar refractivity (Wildman–Crippen MR) is 134 cm³/mol. The molecule has 0 radical (unpaired) electrons. The van der Waals surface area contributed by atoms with Gasteiger partial charge in [-0.1, -0.05) is 72.3 Å². The fourth-order valence-electron chi connectivity index (χ4n) is 4.16. The Kier molecular flexibility index (Phi) is 6.01. The second-order valence-corrected chi connectivity index (χ2v) is 8.55. The highest BCUT2D eigenvalue weighted by molar-refractivity contribution is 5.80. The molecule has 0 unspecified atom stereocenters. The number of nitrogens with one attached hydrogen (secondary N) is 1. The quantitative estimate of drug-likeness (QED) is 0.399. The van der Waals surface area contributed by atoms with Crippen LogP contribution in [0.1, 0.15) is 16.7 Å². The molecule has 0 saturated carbocycles. The lowest BCUT2D eigenvalue weighted by atomic mass is 10.1. The van der Waals surface area contributed by atoms with Crippen molar-refractivity contribution in [2.75, 3.05) is 0 Å².